The molecule has 0 saturated carbocycles. The van der Waals surface area contributed by atoms with Crippen LogP contribution in [-0.2, 0) is 10.0 Å². The summed E-state index contributed by atoms with van der Waals surface area (Å²) in [4.78, 5) is 14.6. The molecule has 130 valence electrons. The molecule has 1 fully saturated rings. The van der Waals surface area contributed by atoms with E-state index in [2.05, 4.69) is 6.58 Å². The first-order valence-electron chi connectivity index (χ1n) is 8.11. The van der Waals surface area contributed by atoms with Gasteiger partial charge in [0.2, 0.25) is 10.0 Å². The number of amides is 1. The third-order valence-corrected chi connectivity index (χ3v) is 5.97. The minimum Gasteiger partial charge on any atom is -0.305 e. The highest BCUT2D eigenvalue weighted by Crippen LogP contribution is 2.26. The van der Waals surface area contributed by atoms with Crippen LogP contribution in [-0.4, -0.2) is 33.2 Å². The molecule has 1 aliphatic heterocycles. The van der Waals surface area contributed by atoms with Crippen molar-refractivity contribution in [3.8, 4) is 0 Å². The van der Waals surface area contributed by atoms with Crippen LogP contribution < -0.4 is 9.21 Å². The van der Waals surface area contributed by atoms with E-state index in [1.54, 1.807) is 35.2 Å². The molecule has 1 aliphatic rings. The highest BCUT2D eigenvalue weighted by Gasteiger charge is 2.29. The van der Waals surface area contributed by atoms with Gasteiger partial charge in [-0.25, -0.2) is 8.42 Å². The maximum atomic E-state index is 13.0. The van der Waals surface area contributed by atoms with E-state index in [4.69, 9.17) is 0 Å². The monoisotopic (exact) mass is 356 g/mol. The zero-order valence-corrected chi connectivity index (χ0v) is 14.7. The van der Waals surface area contributed by atoms with Gasteiger partial charge < -0.3 is 4.90 Å². The van der Waals surface area contributed by atoms with Crippen LogP contribution in [0.25, 0.3) is 0 Å². The molecule has 0 N–H and O–H groups in total. The maximum Gasteiger partial charge on any atom is 0.258 e. The van der Waals surface area contributed by atoms with E-state index in [0.29, 0.717) is 30.8 Å². The lowest BCUT2D eigenvalue weighted by molar-refractivity contribution is 0.0989. The lowest BCUT2D eigenvalue weighted by atomic mass is 10.1. The summed E-state index contributed by atoms with van der Waals surface area (Å²) in [5.41, 5.74) is 1.76. The van der Waals surface area contributed by atoms with E-state index >= 15 is 0 Å². The van der Waals surface area contributed by atoms with Gasteiger partial charge in [0.1, 0.15) is 0 Å². The van der Waals surface area contributed by atoms with Gasteiger partial charge in [-0.2, -0.15) is 0 Å². The first kappa shape index (κ1) is 17.2. The van der Waals surface area contributed by atoms with Crippen LogP contribution in [0.3, 0.4) is 0 Å². The second kappa shape index (κ2) is 7.11. The van der Waals surface area contributed by atoms with Crippen LogP contribution in [0.15, 0.2) is 67.3 Å². The molecule has 0 bridgehead atoms. The van der Waals surface area contributed by atoms with Gasteiger partial charge in [0.15, 0.2) is 0 Å². The second-order valence-corrected chi connectivity index (χ2v) is 7.84. The van der Waals surface area contributed by atoms with Crippen molar-refractivity contribution in [2.75, 3.05) is 28.0 Å². The SMILES string of the molecule is C=CCN(C(=O)c1cccc(N2CCCS2(=O)=O)c1)c1ccccc1. The summed E-state index contributed by atoms with van der Waals surface area (Å²) in [6, 6.07) is 16.1. The van der Waals surface area contributed by atoms with Gasteiger partial charge in [-0.15, -0.1) is 6.58 Å². The van der Waals surface area contributed by atoms with Crippen molar-refractivity contribution in [2.24, 2.45) is 0 Å². The summed E-state index contributed by atoms with van der Waals surface area (Å²) >= 11 is 0. The summed E-state index contributed by atoms with van der Waals surface area (Å²) in [6.07, 6.45) is 2.27. The lowest BCUT2D eigenvalue weighted by Gasteiger charge is -2.23. The first-order chi connectivity index (χ1) is 12.0. The Balaban J connectivity index is 1.94. The third kappa shape index (κ3) is 3.58. The maximum absolute atomic E-state index is 13.0. The molecule has 2 aromatic rings. The Morgan fingerprint density at radius 1 is 1.16 bits per heavy atom. The molecule has 25 heavy (non-hydrogen) atoms. The predicted molar refractivity (Wildman–Crippen MR) is 101 cm³/mol. The van der Waals surface area contributed by atoms with Gasteiger partial charge in [0.25, 0.3) is 5.91 Å². The summed E-state index contributed by atoms with van der Waals surface area (Å²) in [7, 11) is -3.27. The number of benzene rings is 2. The molecule has 0 atom stereocenters. The Morgan fingerprint density at radius 2 is 1.92 bits per heavy atom. The highest BCUT2D eigenvalue weighted by atomic mass is 32.2. The number of hydrogen-bond acceptors (Lipinski definition) is 3. The van der Waals surface area contributed by atoms with Crippen LogP contribution in [0.2, 0.25) is 0 Å². The van der Waals surface area contributed by atoms with Crippen molar-refractivity contribution < 1.29 is 13.2 Å². The molecule has 3 rings (SSSR count). The molecule has 1 saturated heterocycles. The molecule has 0 unspecified atom stereocenters. The Kier molecular flexibility index (Phi) is 4.90. The topological polar surface area (TPSA) is 57.7 Å². The molecule has 2 aromatic carbocycles. The molecule has 0 spiro atoms. The van der Waals surface area contributed by atoms with Gasteiger partial charge in [-0.05, 0) is 36.8 Å². The third-order valence-electron chi connectivity index (χ3n) is 4.11. The van der Waals surface area contributed by atoms with Gasteiger partial charge in [0.05, 0.1) is 11.4 Å². The van der Waals surface area contributed by atoms with Crippen LogP contribution in [0.5, 0.6) is 0 Å². The fourth-order valence-electron chi connectivity index (χ4n) is 2.92. The minimum atomic E-state index is -3.27. The fraction of sp³-hybridized carbons (Fsp3) is 0.211. The van der Waals surface area contributed by atoms with Crippen molar-refractivity contribution in [2.45, 2.75) is 6.42 Å². The number of sulfonamides is 1. The van der Waals surface area contributed by atoms with Gasteiger partial charge in [-0.1, -0.05) is 30.3 Å². The van der Waals surface area contributed by atoms with Crippen LogP contribution >= 0.6 is 0 Å². The average molecular weight is 356 g/mol. The molecule has 1 amide bonds. The normalized spacial score (nSPS) is 15.8. The number of hydrogen-bond donors (Lipinski definition) is 0. The van der Waals surface area contributed by atoms with Gasteiger partial charge >= 0.3 is 0 Å². The quantitative estimate of drug-likeness (QED) is 0.774. The number of carbonyl (C=O) groups excluding carboxylic acids is 1. The van der Waals surface area contributed by atoms with E-state index in [9.17, 15) is 13.2 Å². The fourth-order valence-corrected chi connectivity index (χ4v) is 4.48. The zero-order valence-electron chi connectivity index (χ0n) is 13.8. The number of carbonyl (C=O) groups is 1. The van der Waals surface area contributed by atoms with Crippen molar-refractivity contribution >= 4 is 27.3 Å². The van der Waals surface area contributed by atoms with E-state index < -0.39 is 10.0 Å². The Morgan fingerprint density at radius 3 is 2.56 bits per heavy atom. The van der Waals surface area contributed by atoms with Gasteiger partial charge in [-0.3, -0.25) is 9.10 Å². The van der Waals surface area contributed by atoms with Crippen molar-refractivity contribution in [1.82, 2.24) is 0 Å². The summed E-state index contributed by atoms with van der Waals surface area (Å²) < 4.78 is 25.6. The Hall–Kier alpha value is -2.60. The summed E-state index contributed by atoms with van der Waals surface area (Å²) in [5, 5.41) is 0. The van der Waals surface area contributed by atoms with Crippen molar-refractivity contribution in [3.05, 3.63) is 72.8 Å². The van der Waals surface area contributed by atoms with Crippen LogP contribution in [0.4, 0.5) is 11.4 Å². The molecular weight excluding hydrogens is 336 g/mol. The second-order valence-electron chi connectivity index (χ2n) is 5.83. The lowest BCUT2D eigenvalue weighted by Crippen LogP contribution is -2.31. The smallest absolute Gasteiger partial charge is 0.258 e. The number of anilines is 2. The molecular formula is C19H20N2O3S. The standard InChI is InChI=1S/C19H20N2O3S/c1-2-12-20(17-9-4-3-5-10-17)19(22)16-8-6-11-18(15-16)21-13-7-14-25(21,23)24/h2-6,8-11,15H,1,7,12-14H2. The Labute approximate surface area is 148 Å². The molecule has 1 heterocycles. The first-order valence-corrected chi connectivity index (χ1v) is 9.72. The predicted octanol–water partition coefficient (Wildman–Crippen LogP) is 3.06. The molecule has 0 aliphatic carbocycles. The molecule has 6 heteroatoms. The van der Waals surface area contributed by atoms with E-state index in [0.717, 1.165) is 5.69 Å². The van der Waals surface area contributed by atoms with E-state index in [1.165, 1.54) is 4.31 Å². The van der Waals surface area contributed by atoms with Crippen LogP contribution in [0.1, 0.15) is 16.8 Å². The number of nitrogens with zero attached hydrogens (tertiary/aromatic N) is 2. The van der Waals surface area contributed by atoms with Crippen molar-refractivity contribution in [3.63, 3.8) is 0 Å². The van der Waals surface area contributed by atoms with Gasteiger partial charge in [0, 0.05) is 24.3 Å². The zero-order chi connectivity index (χ0) is 17.9. The average Bonchev–Trinajstić information content (AvgIpc) is 2.99. The summed E-state index contributed by atoms with van der Waals surface area (Å²) in [6.45, 7) is 4.54. The summed E-state index contributed by atoms with van der Waals surface area (Å²) in [5.74, 6) is -0.0397. The van der Waals surface area contributed by atoms with E-state index in [-0.39, 0.29) is 11.7 Å². The number of para-hydroxylation sites is 1. The van der Waals surface area contributed by atoms with Crippen molar-refractivity contribution in [1.29, 1.82) is 0 Å². The Bertz CT molecular complexity index is 879. The molecule has 5 nitrogen and oxygen atoms in total. The minimum absolute atomic E-state index is 0.151. The molecule has 0 aromatic heterocycles. The van der Waals surface area contributed by atoms with Crippen LogP contribution in [0, 0.1) is 0 Å². The molecule has 0 radical (unpaired) electrons. The number of rotatable bonds is 5. The largest absolute Gasteiger partial charge is 0.305 e. The van der Waals surface area contributed by atoms with E-state index in [1.807, 2.05) is 30.3 Å². The highest BCUT2D eigenvalue weighted by molar-refractivity contribution is 7.93.